The lowest BCUT2D eigenvalue weighted by Gasteiger charge is -2.25. The second-order valence-electron chi connectivity index (χ2n) is 6.04. The molecule has 25 heavy (non-hydrogen) atoms. The number of para-hydroxylation sites is 1. The SMILES string of the molecule is O=C(NCc1cn(-c2ccccc2)nn1)C1NCCc2ccccc21. The quantitative estimate of drug-likeness (QED) is 0.763. The van der Waals surface area contributed by atoms with Crippen LogP contribution in [-0.4, -0.2) is 27.4 Å². The number of rotatable bonds is 4. The molecule has 1 aromatic heterocycles. The van der Waals surface area contributed by atoms with Crippen LogP contribution >= 0.6 is 0 Å². The number of fused-ring (bicyclic) bond motifs is 1. The first-order chi connectivity index (χ1) is 12.3. The number of hydrogen-bond donors (Lipinski definition) is 2. The molecule has 0 aliphatic carbocycles. The average Bonchev–Trinajstić information content (AvgIpc) is 3.15. The molecular weight excluding hydrogens is 314 g/mol. The highest BCUT2D eigenvalue weighted by Crippen LogP contribution is 2.22. The lowest BCUT2D eigenvalue weighted by atomic mass is 9.94. The van der Waals surface area contributed by atoms with Gasteiger partial charge in [-0.3, -0.25) is 4.79 Å². The van der Waals surface area contributed by atoms with E-state index in [1.165, 1.54) is 5.56 Å². The minimum Gasteiger partial charge on any atom is -0.349 e. The van der Waals surface area contributed by atoms with E-state index in [9.17, 15) is 4.79 Å². The molecule has 2 heterocycles. The first-order valence-electron chi connectivity index (χ1n) is 8.37. The van der Waals surface area contributed by atoms with Crippen molar-refractivity contribution in [3.8, 4) is 5.69 Å². The fourth-order valence-electron chi connectivity index (χ4n) is 3.10. The van der Waals surface area contributed by atoms with Gasteiger partial charge < -0.3 is 10.6 Å². The number of aromatic nitrogens is 3. The number of carbonyl (C=O) groups excluding carboxylic acids is 1. The van der Waals surface area contributed by atoms with E-state index >= 15 is 0 Å². The summed E-state index contributed by atoms with van der Waals surface area (Å²) < 4.78 is 1.70. The minimum absolute atomic E-state index is 0.0404. The summed E-state index contributed by atoms with van der Waals surface area (Å²) in [6, 6.07) is 17.5. The molecule has 1 amide bonds. The highest BCUT2D eigenvalue weighted by Gasteiger charge is 2.25. The van der Waals surface area contributed by atoms with E-state index in [-0.39, 0.29) is 11.9 Å². The maximum atomic E-state index is 12.6. The standard InChI is InChI=1S/C19H19N5O/c25-19(18-17-9-5-4-6-14(17)10-11-20-18)21-12-15-13-24(23-22-15)16-7-2-1-3-8-16/h1-9,13,18,20H,10-12H2,(H,21,25). The van der Waals surface area contributed by atoms with Crippen LogP contribution in [0.15, 0.2) is 60.8 Å². The van der Waals surface area contributed by atoms with E-state index in [0.29, 0.717) is 6.54 Å². The maximum Gasteiger partial charge on any atom is 0.242 e. The van der Waals surface area contributed by atoms with Crippen molar-refractivity contribution in [2.45, 2.75) is 19.0 Å². The Bertz CT molecular complexity index is 874. The number of nitrogens with zero attached hydrogens (tertiary/aromatic N) is 3. The van der Waals surface area contributed by atoms with Gasteiger partial charge in [0.2, 0.25) is 5.91 Å². The van der Waals surface area contributed by atoms with Crippen molar-refractivity contribution in [2.75, 3.05) is 6.54 Å². The number of nitrogens with one attached hydrogen (secondary N) is 2. The van der Waals surface area contributed by atoms with Gasteiger partial charge in [0.1, 0.15) is 11.7 Å². The van der Waals surface area contributed by atoms with Crippen LogP contribution in [0.4, 0.5) is 0 Å². The normalized spacial score (nSPS) is 16.2. The van der Waals surface area contributed by atoms with E-state index < -0.39 is 0 Å². The molecule has 6 heteroatoms. The Morgan fingerprint density at radius 2 is 1.96 bits per heavy atom. The first kappa shape index (κ1) is 15.5. The fraction of sp³-hybridized carbons (Fsp3) is 0.211. The van der Waals surface area contributed by atoms with Crippen molar-refractivity contribution in [3.05, 3.63) is 77.6 Å². The summed E-state index contributed by atoms with van der Waals surface area (Å²) in [7, 11) is 0. The van der Waals surface area contributed by atoms with Crippen LogP contribution in [0.5, 0.6) is 0 Å². The lowest BCUT2D eigenvalue weighted by Crippen LogP contribution is -2.41. The van der Waals surface area contributed by atoms with E-state index in [0.717, 1.165) is 29.9 Å². The predicted molar refractivity (Wildman–Crippen MR) is 94.1 cm³/mol. The Morgan fingerprint density at radius 3 is 2.84 bits per heavy atom. The molecular formula is C19H19N5O. The molecule has 4 rings (SSSR count). The Balaban J connectivity index is 1.42. The Kier molecular flexibility index (Phi) is 4.26. The van der Waals surface area contributed by atoms with Crippen LogP contribution in [-0.2, 0) is 17.8 Å². The predicted octanol–water partition coefficient (Wildman–Crippen LogP) is 1.77. The van der Waals surface area contributed by atoms with Gasteiger partial charge in [-0.25, -0.2) is 4.68 Å². The summed E-state index contributed by atoms with van der Waals surface area (Å²) >= 11 is 0. The van der Waals surface area contributed by atoms with Gasteiger partial charge in [0.15, 0.2) is 0 Å². The molecule has 126 valence electrons. The lowest BCUT2D eigenvalue weighted by molar-refractivity contribution is -0.123. The minimum atomic E-state index is -0.311. The average molecular weight is 333 g/mol. The van der Waals surface area contributed by atoms with Crippen molar-refractivity contribution in [3.63, 3.8) is 0 Å². The van der Waals surface area contributed by atoms with Gasteiger partial charge in [0.05, 0.1) is 18.4 Å². The van der Waals surface area contributed by atoms with Crippen molar-refractivity contribution in [1.29, 1.82) is 0 Å². The second kappa shape index (κ2) is 6.86. The number of benzene rings is 2. The zero-order valence-corrected chi connectivity index (χ0v) is 13.7. The highest BCUT2D eigenvalue weighted by atomic mass is 16.2. The van der Waals surface area contributed by atoms with Crippen molar-refractivity contribution >= 4 is 5.91 Å². The molecule has 1 aliphatic rings. The van der Waals surface area contributed by atoms with Crippen LogP contribution in [0.2, 0.25) is 0 Å². The van der Waals surface area contributed by atoms with Crippen molar-refractivity contribution in [1.82, 2.24) is 25.6 Å². The molecule has 1 atom stereocenters. The van der Waals surface area contributed by atoms with E-state index in [1.807, 2.05) is 54.7 Å². The molecule has 2 N–H and O–H groups in total. The van der Waals surface area contributed by atoms with Crippen LogP contribution in [0.3, 0.4) is 0 Å². The topological polar surface area (TPSA) is 71.8 Å². The smallest absolute Gasteiger partial charge is 0.242 e. The van der Waals surface area contributed by atoms with Gasteiger partial charge in [0.25, 0.3) is 0 Å². The molecule has 1 unspecified atom stereocenters. The molecule has 0 bridgehead atoms. The molecule has 2 aromatic carbocycles. The van der Waals surface area contributed by atoms with Gasteiger partial charge in [-0.2, -0.15) is 0 Å². The number of hydrogen-bond acceptors (Lipinski definition) is 4. The van der Waals surface area contributed by atoms with E-state index in [1.54, 1.807) is 4.68 Å². The third-order valence-corrected chi connectivity index (χ3v) is 4.38. The molecule has 0 saturated heterocycles. The highest BCUT2D eigenvalue weighted by molar-refractivity contribution is 5.83. The Hall–Kier alpha value is -2.99. The molecule has 0 spiro atoms. The van der Waals surface area contributed by atoms with Crippen LogP contribution in [0.1, 0.15) is 22.9 Å². The van der Waals surface area contributed by atoms with E-state index in [2.05, 4.69) is 27.0 Å². The molecule has 0 radical (unpaired) electrons. The Labute approximate surface area is 145 Å². The van der Waals surface area contributed by atoms with Gasteiger partial charge in [0, 0.05) is 6.54 Å². The summed E-state index contributed by atoms with van der Waals surface area (Å²) in [5.41, 5.74) is 3.95. The van der Waals surface area contributed by atoms with E-state index in [4.69, 9.17) is 0 Å². The number of carbonyl (C=O) groups is 1. The summed E-state index contributed by atoms with van der Waals surface area (Å²) in [4.78, 5) is 12.6. The molecule has 0 fully saturated rings. The zero-order chi connectivity index (χ0) is 17.1. The van der Waals surface area contributed by atoms with Gasteiger partial charge in [-0.1, -0.05) is 47.7 Å². The third kappa shape index (κ3) is 3.29. The number of amides is 1. The van der Waals surface area contributed by atoms with Crippen molar-refractivity contribution < 1.29 is 4.79 Å². The largest absolute Gasteiger partial charge is 0.349 e. The fourth-order valence-corrected chi connectivity index (χ4v) is 3.10. The van der Waals surface area contributed by atoms with Crippen LogP contribution in [0, 0.1) is 0 Å². The van der Waals surface area contributed by atoms with Crippen molar-refractivity contribution in [2.24, 2.45) is 0 Å². The van der Waals surface area contributed by atoms with Gasteiger partial charge in [-0.05, 0) is 29.7 Å². The van der Waals surface area contributed by atoms with Crippen LogP contribution < -0.4 is 10.6 Å². The summed E-state index contributed by atoms with van der Waals surface area (Å²) in [6.45, 7) is 1.16. The third-order valence-electron chi connectivity index (χ3n) is 4.38. The molecule has 3 aromatic rings. The monoisotopic (exact) mass is 333 g/mol. The Morgan fingerprint density at radius 1 is 1.16 bits per heavy atom. The first-order valence-corrected chi connectivity index (χ1v) is 8.37. The summed E-state index contributed by atoms with van der Waals surface area (Å²) in [5.74, 6) is -0.0404. The second-order valence-corrected chi connectivity index (χ2v) is 6.04. The van der Waals surface area contributed by atoms with Gasteiger partial charge >= 0.3 is 0 Å². The van der Waals surface area contributed by atoms with Gasteiger partial charge in [-0.15, -0.1) is 5.10 Å². The molecule has 0 saturated carbocycles. The maximum absolute atomic E-state index is 12.6. The zero-order valence-electron chi connectivity index (χ0n) is 13.7. The molecule has 1 aliphatic heterocycles. The molecule has 6 nitrogen and oxygen atoms in total. The van der Waals surface area contributed by atoms with Crippen LogP contribution in [0.25, 0.3) is 5.69 Å². The summed E-state index contributed by atoms with van der Waals surface area (Å²) in [5, 5.41) is 14.5. The summed E-state index contributed by atoms with van der Waals surface area (Å²) in [6.07, 6.45) is 2.78.